The predicted molar refractivity (Wildman–Crippen MR) is 179 cm³/mol. The van der Waals surface area contributed by atoms with Gasteiger partial charge in [0, 0.05) is 29.3 Å². The number of hydrogen-bond acceptors (Lipinski definition) is 7. The summed E-state index contributed by atoms with van der Waals surface area (Å²) in [6, 6.07) is 22.3. The van der Waals surface area contributed by atoms with Gasteiger partial charge in [-0.25, -0.2) is 14.6 Å². The van der Waals surface area contributed by atoms with Crippen molar-refractivity contribution in [3.05, 3.63) is 106 Å². The molecular weight excluding hydrogens is 594 g/mol. The molecule has 3 aromatic carbocycles. The Morgan fingerprint density at radius 1 is 0.957 bits per heavy atom. The van der Waals surface area contributed by atoms with Gasteiger partial charge in [-0.15, -0.1) is 5.10 Å². The summed E-state index contributed by atoms with van der Waals surface area (Å²) in [7, 11) is 0. The second kappa shape index (κ2) is 14.0. The monoisotopic (exact) mass is 633 g/mol. The molecule has 1 aliphatic heterocycles. The highest BCUT2D eigenvalue weighted by Gasteiger charge is 2.35. The lowest BCUT2D eigenvalue weighted by atomic mass is 9.96. The van der Waals surface area contributed by atoms with Crippen LogP contribution in [0.5, 0.6) is 0 Å². The molecule has 11 heteroatoms. The van der Waals surface area contributed by atoms with Crippen LogP contribution in [0.3, 0.4) is 0 Å². The van der Waals surface area contributed by atoms with Gasteiger partial charge in [-0.1, -0.05) is 74.0 Å². The van der Waals surface area contributed by atoms with Crippen molar-refractivity contribution in [1.29, 1.82) is 0 Å². The number of aromatic nitrogens is 6. The Labute approximate surface area is 273 Å². The second-order valence-electron chi connectivity index (χ2n) is 11.9. The van der Waals surface area contributed by atoms with Gasteiger partial charge in [0.05, 0.1) is 17.9 Å². The molecule has 2 atom stereocenters. The zero-order valence-electron chi connectivity index (χ0n) is 26.9. The molecule has 6 rings (SSSR count). The lowest BCUT2D eigenvalue weighted by Crippen LogP contribution is -2.40. The standard InChI is InChI=1S/C36H39N7O4/c1-4-6-15-31-29(22-24-17-19-25(20-18-24)26-11-7-8-12-27(26)33-38-40-41-39-33)35(45)43-32(21-16-23(3)42(31)43)34(44)37-30-14-10-9-13-28(30)36(46)47-5-2/h7-14,17-20,23,32H,4-6,15-16,21-22H2,1-3H3,(H,37,44)(H,38,39,40,41). The predicted octanol–water partition coefficient (Wildman–Crippen LogP) is 6.14. The summed E-state index contributed by atoms with van der Waals surface area (Å²) in [5.74, 6) is -0.238. The number of anilines is 1. The highest BCUT2D eigenvalue weighted by Crippen LogP contribution is 2.33. The van der Waals surface area contributed by atoms with Gasteiger partial charge in [0.25, 0.3) is 5.56 Å². The number of esters is 1. The average Bonchev–Trinajstić information content (AvgIpc) is 3.72. The fourth-order valence-corrected chi connectivity index (χ4v) is 6.49. The SMILES string of the molecule is CCCCc1c(Cc2ccc(-c3ccccc3-c3nnn[nH]3)cc2)c(=O)n2n1C(C)CCC2C(=O)Nc1ccccc1C(=O)OCC. The molecule has 0 aliphatic carbocycles. The van der Waals surface area contributed by atoms with Crippen molar-refractivity contribution in [2.75, 3.05) is 11.9 Å². The van der Waals surface area contributed by atoms with Crippen molar-refractivity contribution in [3.8, 4) is 22.5 Å². The van der Waals surface area contributed by atoms with Crippen LogP contribution < -0.4 is 10.9 Å². The van der Waals surface area contributed by atoms with Gasteiger partial charge < -0.3 is 10.1 Å². The largest absolute Gasteiger partial charge is 0.462 e. The minimum Gasteiger partial charge on any atom is -0.462 e. The molecule has 1 aliphatic rings. The van der Waals surface area contributed by atoms with Crippen LogP contribution in [0.25, 0.3) is 22.5 Å². The first-order valence-electron chi connectivity index (χ1n) is 16.2. The van der Waals surface area contributed by atoms with E-state index in [0.717, 1.165) is 59.2 Å². The number of benzene rings is 3. The van der Waals surface area contributed by atoms with E-state index in [0.29, 0.717) is 24.4 Å². The lowest BCUT2D eigenvalue weighted by Gasteiger charge is -2.32. The maximum absolute atomic E-state index is 14.3. The third kappa shape index (κ3) is 6.38. The molecule has 0 saturated heterocycles. The molecule has 2 N–H and O–H groups in total. The fourth-order valence-electron chi connectivity index (χ4n) is 6.49. The molecule has 5 aromatic rings. The Morgan fingerprint density at radius 2 is 1.70 bits per heavy atom. The average molecular weight is 634 g/mol. The van der Waals surface area contributed by atoms with Crippen LogP contribution in [0.15, 0.2) is 77.6 Å². The van der Waals surface area contributed by atoms with E-state index >= 15 is 0 Å². The number of ether oxygens (including phenoxy) is 1. The quantitative estimate of drug-likeness (QED) is 0.167. The van der Waals surface area contributed by atoms with Gasteiger partial charge in [-0.2, -0.15) is 0 Å². The first-order chi connectivity index (χ1) is 22.9. The topological polar surface area (TPSA) is 137 Å². The number of rotatable bonds is 11. The highest BCUT2D eigenvalue weighted by atomic mass is 16.5. The Bertz CT molecular complexity index is 1930. The number of hydrogen-bond donors (Lipinski definition) is 2. The third-order valence-corrected chi connectivity index (χ3v) is 8.82. The summed E-state index contributed by atoms with van der Waals surface area (Å²) >= 11 is 0. The third-order valence-electron chi connectivity index (χ3n) is 8.82. The van der Waals surface area contributed by atoms with E-state index < -0.39 is 12.0 Å². The number of unbranched alkanes of at least 4 members (excludes halogenated alkanes) is 1. The zero-order chi connectivity index (χ0) is 32.9. The summed E-state index contributed by atoms with van der Waals surface area (Å²) < 4.78 is 8.92. The van der Waals surface area contributed by atoms with Gasteiger partial charge in [0.15, 0.2) is 5.82 Å². The van der Waals surface area contributed by atoms with Crippen molar-refractivity contribution >= 4 is 17.6 Å². The summed E-state index contributed by atoms with van der Waals surface area (Å²) in [5.41, 5.74) is 6.11. The number of carbonyl (C=O) groups is 2. The summed E-state index contributed by atoms with van der Waals surface area (Å²) in [6.45, 7) is 6.21. The zero-order valence-corrected chi connectivity index (χ0v) is 26.9. The van der Waals surface area contributed by atoms with Gasteiger partial charge in [-0.05, 0) is 78.8 Å². The van der Waals surface area contributed by atoms with Crippen LogP contribution in [0.4, 0.5) is 5.69 Å². The first kappa shape index (κ1) is 31.7. The summed E-state index contributed by atoms with van der Waals surface area (Å²) in [6.07, 6.45) is 4.37. The molecule has 11 nitrogen and oxygen atoms in total. The van der Waals surface area contributed by atoms with Crippen molar-refractivity contribution in [2.45, 2.75) is 71.4 Å². The molecule has 47 heavy (non-hydrogen) atoms. The van der Waals surface area contributed by atoms with Crippen LogP contribution in [0.1, 0.15) is 85.7 Å². The molecular formula is C36H39N7O4. The van der Waals surface area contributed by atoms with E-state index in [4.69, 9.17) is 4.74 Å². The number of tetrazole rings is 1. The Balaban J connectivity index is 1.33. The fraction of sp³-hybridized carbons (Fsp3) is 0.333. The molecule has 0 saturated carbocycles. The lowest BCUT2D eigenvalue weighted by molar-refractivity contribution is -0.120. The minimum atomic E-state index is -0.715. The molecule has 1 amide bonds. The molecule has 0 spiro atoms. The number of nitrogens with one attached hydrogen (secondary N) is 2. The molecule has 3 heterocycles. The van der Waals surface area contributed by atoms with Gasteiger partial charge in [0.2, 0.25) is 5.91 Å². The maximum atomic E-state index is 14.3. The molecule has 0 fully saturated rings. The minimum absolute atomic E-state index is 0.0589. The summed E-state index contributed by atoms with van der Waals surface area (Å²) in [4.78, 5) is 40.7. The number of fused-ring (bicyclic) bond motifs is 1. The van der Waals surface area contributed by atoms with E-state index in [9.17, 15) is 14.4 Å². The van der Waals surface area contributed by atoms with Crippen LogP contribution in [0.2, 0.25) is 0 Å². The van der Waals surface area contributed by atoms with Crippen molar-refractivity contribution in [1.82, 2.24) is 30.0 Å². The number of amides is 1. The molecule has 0 bridgehead atoms. The number of H-pyrrole nitrogens is 1. The smallest absolute Gasteiger partial charge is 0.340 e. The van der Waals surface area contributed by atoms with Gasteiger partial charge in [-0.3, -0.25) is 14.3 Å². The van der Waals surface area contributed by atoms with E-state index in [1.807, 2.05) is 24.3 Å². The van der Waals surface area contributed by atoms with Gasteiger partial charge >= 0.3 is 5.97 Å². The molecule has 2 aromatic heterocycles. The molecule has 2 unspecified atom stereocenters. The normalized spacial score (nSPS) is 15.6. The van der Waals surface area contributed by atoms with Crippen LogP contribution in [-0.4, -0.2) is 48.5 Å². The maximum Gasteiger partial charge on any atom is 0.340 e. The number of nitrogens with zero attached hydrogens (tertiary/aromatic N) is 5. The first-order valence-corrected chi connectivity index (χ1v) is 16.2. The molecule has 0 radical (unpaired) electrons. The van der Waals surface area contributed by atoms with Crippen molar-refractivity contribution in [3.63, 3.8) is 0 Å². The van der Waals surface area contributed by atoms with Gasteiger partial charge in [0.1, 0.15) is 6.04 Å². The Morgan fingerprint density at radius 3 is 2.43 bits per heavy atom. The van der Waals surface area contributed by atoms with E-state index in [1.54, 1.807) is 35.9 Å². The van der Waals surface area contributed by atoms with Crippen LogP contribution in [0, 0.1) is 0 Å². The van der Waals surface area contributed by atoms with Crippen molar-refractivity contribution in [2.24, 2.45) is 0 Å². The highest BCUT2D eigenvalue weighted by molar-refractivity contribution is 6.02. The Hall–Kier alpha value is -5.32. The number of para-hydroxylation sites is 1. The van der Waals surface area contributed by atoms with E-state index in [1.165, 1.54) is 0 Å². The van der Waals surface area contributed by atoms with E-state index in [2.05, 4.69) is 68.7 Å². The van der Waals surface area contributed by atoms with Crippen molar-refractivity contribution < 1.29 is 14.3 Å². The van der Waals surface area contributed by atoms with E-state index in [-0.39, 0.29) is 29.7 Å². The summed E-state index contributed by atoms with van der Waals surface area (Å²) in [5, 5.41) is 17.3. The molecule has 242 valence electrons. The Kier molecular flexibility index (Phi) is 9.42. The van der Waals surface area contributed by atoms with Crippen LogP contribution >= 0.6 is 0 Å². The second-order valence-corrected chi connectivity index (χ2v) is 11.9. The van der Waals surface area contributed by atoms with Crippen LogP contribution in [-0.2, 0) is 22.4 Å². The number of aromatic amines is 1. The number of carbonyl (C=O) groups excluding carboxylic acids is 2.